The molecule has 1 aromatic heterocycles. The van der Waals surface area contributed by atoms with E-state index in [1.807, 2.05) is 4.90 Å². The van der Waals surface area contributed by atoms with Gasteiger partial charge in [0.25, 0.3) is 0 Å². The fraction of sp³-hybridized carbons (Fsp3) is 0.438. The van der Waals surface area contributed by atoms with Crippen LogP contribution in [0.1, 0.15) is 37.6 Å². The molecule has 124 valence electrons. The maximum absolute atomic E-state index is 12.9. The van der Waals surface area contributed by atoms with Crippen LogP contribution in [0.15, 0.2) is 24.3 Å². The molecule has 2 aromatic rings. The average molecular weight is 337 g/mol. The highest BCUT2D eigenvalue weighted by molar-refractivity contribution is 7.09. The largest absolute Gasteiger partial charge is 0.481 e. The Morgan fingerprint density at radius 2 is 2.04 bits per heavy atom. The molecule has 7 heteroatoms. The van der Waals surface area contributed by atoms with Gasteiger partial charge >= 0.3 is 5.97 Å². The summed E-state index contributed by atoms with van der Waals surface area (Å²) in [7, 11) is 0. The summed E-state index contributed by atoms with van der Waals surface area (Å²) < 4.78 is 17.3. The zero-order valence-electron chi connectivity index (χ0n) is 13.0. The van der Waals surface area contributed by atoms with Crippen molar-refractivity contribution in [1.82, 2.24) is 9.36 Å². The molecule has 0 saturated heterocycles. The normalized spacial score (nSPS) is 10.7. The third kappa shape index (κ3) is 5.59. The Morgan fingerprint density at radius 1 is 1.30 bits per heavy atom. The molecule has 0 saturated carbocycles. The van der Waals surface area contributed by atoms with Crippen LogP contribution in [0, 0.1) is 5.82 Å². The van der Waals surface area contributed by atoms with Gasteiger partial charge in [0.2, 0.25) is 5.13 Å². The van der Waals surface area contributed by atoms with E-state index in [1.54, 1.807) is 12.1 Å². The number of carboxylic acids is 1. The Hall–Kier alpha value is -2.02. The van der Waals surface area contributed by atoms with Gasteiger partial charge in [0, 0.05) is 31.0 Å². The van der Waals surface area contributed by atoms with Gasteiger partial charge in [-0.3, -0.25) is 4.79 Å². The quantitative estimate of drug-likeness (QED) is 0.760. The van der Waals surface area contributed by atoms with Crippen molar-refractivity contribution in [2.24, 2.45) is 0 Å². The Kier molecular flexibility index (Phi) is 6.46. The first-order valence-electron chi connectivity index (χ1n) is 7.62. The number of hydrogen-bond donors (Lipinski definition) is 1. The highest BCUT2D eigenvalue weighted by Gasteiger charge is 2.14. The first-order valence-corrected chi connectivity index (χ1v) is 8.39. The summed E-state index contributed by atoms with van der Waals surface area (Å²) in [5.41, 5.74) is 0.946. The molecule has 2 rings (SSSR count). The number of unbranched alkanes of at least 4 members (excludes halogenated alkanes) is 1. The second kappa shape index (κ2) is 8.57. The number of aromatic nitrogens is 2. The number of carboxylic acid groups (broad SMARTS) is 1. The molecule has 0 atom stereocenters. The lowest BCUT2D eigenvalue weighted by Crippen LogP contribution is -2.27. The molecule has 0 aliphatic rings. The molecule has 23 heavy (non-hydrogen) atoms. The number of benzene rings is 1. The van der Waals surface area contributed by atoms with E-state index in [0.29, 0.717) is 18.8 Å². The number of carbonyl (C=O) groups is 1. The molecule has 1 aromatic carbocycles. The van der Waals surface area contributed by atoms with E-state index in [-0.39, 0.29) is 12.2 Å². The first kappa shape index (κ1) is 17.3. The summed E-state index contributed by atoms with van der Waals surface area (Å²) in [4.78, 5) is 17.3. The van der Waals surface area contributed by atoms with Crippen molar-refractivity contribution < 1.29 is 14.3 Å². The van der Waals surface area contributed by atoms with E-state index in [9.17, 15) is 9.18 Å². The monoisotopic (exact) mass is 337 g/mol. The minimum Gasteiger partial charge on any atom is -0.481 e. The molecule has 0 spiro atoms. The zero-order valence-corrected chi connectivity index (χ0v) is 13.9. The van der Waals surface area contributed by atoms with Crippen molar-refractivity contribution in [3.05, 3.63) is 41.5 Å². The maximum Gasteiger partial charge on any atom is 0.305 e. The van der Waals surface area contributed by atoms with Crippen LogP contribution in [-0.2, 0) is 11.2 Å². The van der Waals surface area contributed by atoms with Crippen LogP contribution >= 0.6 is 11.5 Å². The predicted octanol–water partition coefficient (Wildman–Crippen LogP) is 3.35. The third-order valence-corrected chi connectivity index (χ3v) is 4.20. The number of anilines is 1. The number of halogens is 1. The highest BCUT2D eigenvalue weighted by Crippen LogP contribution is 2.20. The lowest BCUT2D eigenvalue weighted by atomic mass is 10.1. The molecule has 1 N–H and O–H groups in total. The Bertz CT molecular complexity index is 631. The summed E-state index contributed by atoms with van der Waals surface area (Å²) in [5, 5.41) is 9.61. The van der Waals surface area contributed by atoms with Gasteiger partial charge in [0.15, 0.2) is 0 Å². The van der Waals surface area contributed by atoms with Crippen LogP contribution in [0.4, 0.5) is 9.52 Å². The summed E-state index contributed by atoms with van der Waals surface area (Å²) in [6.07, 6.45) is 2.63. The molecule has 0 bridgehead atoms. The second-order valence-corrected chi connectivity index (χ2v) is 6.01. The van der Waals surface area contributed by atoms with Crippen LogP contribution in [-0.4, -0.2) is 33.5 Å². The van der Waals surface area contributed by atoms with Gasteiger partial charge in [0.1, 0.15) is 11.6 Å². The van der Waals surface area contributed by atoms with E-state index >= 15 is 0 Å². The van der Waals surface area contributed by atoms with Crippen LogP contribution < -0.4 is 4.90 Å². The summed E-state index contributed by atoms with van der Waals surface area (Å²) in [5.74, 6) is -0.406. The SMILES string of the molecule is CCCCN(CCC(=O)O)c1nc(Cc2ccc(F)cc2)ns1. The summed E-state index contributed by atoms with van der Waals surface area (Å²) in [6.45, 7) is 3.30. The summed E-state index contributed by atoms with van der Waals surface area (Å²) >= 11 is 1.28. The van der Waals surface area contributed by atoms with Gasteiger partial charge in [-0.05, 0) is 24.1 Å². The standard InChI is InChI=1S/C16H20FN3O2S/c1-2-3-9-20(10-8-15(21)22)16-18-14(19-23-16)11-12-4-6-13(17)7-5-12/h4-7H,2-3,8-11H2,1H3,(H,21,22). The smallest absolute Gasteiger partial charge is 0.305 e. The maximum atomic E-state index is 12.9. The zero-order chi connectivity index (χ0) is 16.7. The van der Waals surface area contributed by atoms with Crippen molar-refractivity contribution >= 4 is 22.6 Å². The van der Waals surface area contributed by atoms with Crippen molar-refractivity contribution in [2.75, 3.05) is 18.0 Å². The molecule has 0 radical (unpaired) electrons. The Morgan fingerprint density at radius 3 is 2.70 bits per heavy atom. The van der Waals surface area contributed by atoms with Crippen LogP contribution in [0.5, 0.6) is 0 Å². The van der Waals surface area contributed by atoms with Crippen molar-refractivity contribution in [3.8, 4) is 0 Å². The molecule has 1 heterocycles. The van der Waals surface area contributed by atoms with E-state index in [1.165, 1.54) is 23.7 Å². The lowest BCUT2D eigenvalue weighted by molar-refractivity contribution is -0.136. The van der Waals surface area contributed by atoms with E-state index in [4.69, 9.17) is 5.11 Å². The van der Waals surface area contributed by atoms with Crippen LogP contribution in [0.3, 0.4) is 0 Å². The fourth-order valence-corrected chi connectivity index (χ4v) is 2.85. The number of rotatable bonds is 9. The number of nitrogens with zero attached hydrogens (tertiary/aromatic N) is 3. The van der Waals surface area contributed by atoms with Crippen molar-refractivity contribution in [3.63, 3.8) is 0 Å². The molecule has 0 aliphatic heterocycles. The first-order chi connectivity index (χ1) is 11.1. The van der Waals surface area contributed by atoms with Gasteiger partial charge in [-0.25, -0.2) is 9.37 Å². The Balaban J connectivity index is 2.03. The van der Waals surface area contributed by atoms with E-state index in [0.717, 1.165) is 30.1 Å². The Labute approximate surface area is 139 Å². The number of hydrogen-bond acceptors (Lipinski definition) is 5. The molecular weight excluding hydrogens is 317 g/mol. The van der Waals surface area contributed by atoms with Gasteiger partial charge in [-0.15, -0.1) is 0 Å². The average Bonchev–Trinajstić information content (AvgIpc) is 2.98. The highest BCUT2D eigenvalue weighted by atomic mass is 32.1. The molecule has 0 aliphatic carbocycles. The van der Waals surface area contributed by atoms with Gasteiger partial charge in [0.05, 0.1) is 6.42 Å². The molecular formula is C16H20FN3O2S. The molecule has 0 fully saturated rings. The van der Waals surface area contributed by atoms with Crippen LogP contribution in [0.2, 0.25) is 0 Å². The topological polar surface area (TPSA) is 66.3 Å². The minimum absolute atomic E-state index is 0.0800. The minimum atomic E-state index is -0.817. The molecule has 0 unspecified atom stereocenters. The van der Waals surface area contributed by atoms with Gasteiger partial charge in [-0.1, -0.05) is 25.5 Å². The summed E-state index contributed by atoms with van der Waals surface area (Å²) in [6, 6.07) is 6.27. The van der Waals surface area contributed by atoms with E-state index in [2.05, 4.69) is 16.3 Å². The molecule has 5 nitrogen and oxygen atoms in total. The lowest BCUT2D eigenvalue weighted by Gasteiger charge is -2.19. The van der Waals surface area contributed by atoms with Crippen LogP contribution in [0.25, 0.3) is 0 Å². The fourth-order valence-electron chi connectivity index (χ4n) is 2.11. The van der Waals surface area contributed by atoms with Gasteiger partial charge in [-0.2, -0.15) is 4.37 Å². The number of aliphatic carboxylic acids is 1. The van der Waals surface area contributed by atoms with E-state index < -0.39 is 5.97 Å². The third-order valence-electron chi connectivity index (χ3n) is 3.38. The van der Waals surface area contributed by atoms with Gasteiger partial charge < -0.3 is 10.0 Å². The molecule has 0 amide bonds. The predicted molar refractivity (Wildman–Crippen MR) is 88.5 cm³/mol. The van der Waals surface area contributed by atoms with Crippen molar-refractivity contribution in [1.29, 1.82) is 0 Å². The second-order valence-electron chi connectivity index (χ2n) is 5.28. The van der Waals surface area contributed by atoms with Crippen molar-refractivity contribution in [2.45, 2.75) is 32.6 Å².